The van der Waals surface area contributed by atoms with Crippen LogP contribution in [0.4, 0.5) is 0 Å². The largest absolute Gasteiger partial charge is 0.330 e. The quantitative estimate of drug-likeness (QED) is 0.419. The van der Waals surface area contributed by atoms with Crippen LogP contribution in [0.15, 0.2) is 0 Å². The average molecular weight is 310 g/mol. The van der Waals surface area contributed by atoms with Gasteiger partial charge in [0.05, 0.1) is 6.26 Å². The SMILES string of the molecule is CCCCCCCCCCCCCCN.CS(=O)(=O)O. The van der Waals surface area contributed by atoms with E-state index in [-0.39, 0.29) is 0 Å². The molecule has 0 heterocycles. The van der Waals surface area contributed by atoms with Crippen molar-refractivity contribution < 1.29 is 13.0 Å². The summed E-state index contributed by atoms with van der Waals surface area (Å²) >= 11 is 0. The van der Waals surface area contributed by atoms with Crippen molar-refractivity contribution in [3.63, 3.8) is 0 Å². The fourth-order valence-corrected chi connectivity index (χ4v) is 1.99. The van der Waals surface area contributed by atoms with Crippen LogP contribution in [0.2, 0.25) is 0 Å². The Morgan fingerprint density at radius 2 is 1.00 bits per heavy atom. The summed E-state index contributed by atoms with van der Waals surface area (Å²) in [4.78, 5) is 0. The smallest absolute Gasteiger partial charge is 0.261 e. The van der Waals surface area contributed by atoms with Crippen molar-refractivity contribution in [2.45, 2.75) is 84.0 Å². The number of nitrogens with two attached hydrogens (primary N) is 1. The molecule has 0 amide bonds. The molecule has 0 aliphatic rings. The molecule has 20 heavy (non-hydrogen) atoms. The molecular formula is C15H35NO3S. The first kappa shape index (κ1) is 22.2. The summed E-state index contributed by atoms with van der Waals surface area (Å²) in [5.74, 6) is 0. The van der Waals surface area contributed by atoms with Gasteiger partial charge in [0.25, 0.3) is 10.1 Å². The third kappa shape index (κ3) is 36.1. The average Bonchev–Trinajstić information content (AvgIpc) is 2.34. The van der Waals surface area contributed by atoms with E-state index in [0.29, 0.717) is 6.26 Å². The number of rotatable bonds is 12. The van der Waals surface area contributed by atoms with Crippen molar-refractivity contribution in [3.05, 3.63) is 0 Å². The van der Waals surface area contributed by atoms with Crippen molar-refractivity contribution in [3.8, 4) is 0 Å². The molecule has 0 saturated heterocycles. The Morgan fingerprint density at radius 1 is 0.750 bits per heavy atom. The lowest BCUT2D eigenvalue weighted by molar-refractivity contribution is 0.490. The molecule has 0 aromatic rings. The zero-order chi connectivity index (χ0) is 15.7. The molecule has 5 heteroatoms. The normalized spacial score (nSPS) is 11.0. The number of hydrogen-bond donors (Lipinski definition) is 2. The van der Waals surface area contributed by atoms with Crippen molar-refractivity contribution in [2.75, 3.05) is 12.8 Å². The minimum Gasteiger partial charge on any atom is -0.330 e. The lowest BCUT2D eigenvalue weighted by atomic mass is 10.1. The summed E-state index contributed by atoms with van der Waals surface area (Å²) in [7, 11) is -3.67. The van der Waals surface area contributed by atoms with Crippen molar-refractivity contribution in [1.82, 2.24) is 0 Å². The van der Waals surface area contributed by atoms with E-state index in [4.69, 9.17) is 10.3 Å². The van der Waals surface area contributed by atoms with E-state index >= 15 is 0 Å². The lowest BCUT2D eigenvalue weighted by Crippen LogP contribution is -1.97. The van der Waals surface area contributed by atoms with Gasteiger partial charge in [-0.1, -0.05) is 77.6 Å². The Morgan fingerprint density at radius 3 is 1.25 bits per heavy atom. The molecule has 0 unspecified atom stereocenters. The van der Waals surface area contributed by atoms with E-state index in [9.17, 15) is 8.42 Å². The van der Waals surface area contributed by atoms with Gasteiger partial charge in [-0.2, -0.15) is 8.42 Å². The third-order valence-corrected chi connectivity index (χ3v) is 3.06. The standard InChI is InChI=1S/C14H31N.CH4O3S/c1-2-3-4-5-6-7-8-9-10-11-12-13-14-15;1-5(2,3)4/h2-15H2,1H3;1H3,(H,2,3,4). The van der Waals surface area contributed by atoms with E-state index in [2.05, 4.69) is 6.92 Å². The molecule has 0 radical (unpaired) electrons. The van der Waals surface area contributed by atoms with Crippen molar-refractivity contribution >= 4 is 10.1 Å². The fraction of sp³-hybridized carbons (Fsp3) is 1.00. The van der Waals surface area contributed by atoms with Crippen LogP contribution in [-0.2, 0) is 10.1 Å². The summed E-state index contributed by atoms with van der Waals surface area (Å²) in [6.45, 7) is 3.15. The maximum absolute atomic E-state index is 9.19. The monoisotopic (exact) mass is 309 g/mol. The number of hydrogen-bond acceptors (Lipinski definition) is 3. The van der Waals surface area contributed by atoms with Gasteiger partial charge in [-0.25, -0.2) is 0 Å². The van der Waals surface area contributed by atoms with Gasteiger partial charge in [0.2, 0.25) is 0 Å². The van der Waals surface area contributed by atoms with Crippen molar-refractivity contribution in [2.24, 2.45) is 5.73 Å². The Bertz CT molecular complexity index is 246. The zero-order valence-electron chi connectivity index (χ0n) is 13.4. The van der Waals surface area contributed by atoms with Crippen LogP contribution < -0.4 is 5.73 Å². The van der Waals surface area contributed by atoms with Gasteiger partial charge < -0.3 is 5.73 Å². The maximum atomic E-state index is 9.19. The molecule has 0 aliphatic heterocycles. The molecule has 0 spiro atoms. The van der Waals surface area contributed by atoms with Gasteiger partial charge in [-0.15, -0.1) is 0 Å². The molecule has 0 aromatic heterocycles. The van der Waals surface area contributed by atoms with Gasteiger partial charge in [0.1, 0.15) is 0 Å². The van der Waals surface area contributed by atoms with Crippen LogP contribution in [0, 0.1) is 0 Å². The topological polar surface area (TPSA) is 80.4 Å². The fourth-order valence-electron chi connectivity index (χ4n) is 1.99. The third-order valence-electron chi connectivity index (χ3n) is 3.06. The first-order valence-corrected chi connectivity index (χ1v) is 9.89. The Labute approximate surface area is 126 Å². The second-order valence-electron chi connectivity index (χ2n) is 5.41. The summed E-state index contributed by atoms with van der Waals surface area (Å²) < 4.78 is 25.9. The molecule has 124 valence electrons. The molecule has 0 bridgehead atoms. The van der Waals surface area contributed by atoms with E-state index in [1.165, 1.54) is 77.0 Å². The molecule has 3 N–H and O–H groups in total. The van der Waals surface area contributed by atoms with E-state index in [1.54, 1.807) is 0 Å². The van der Waals surface area contributed by atoms with Crippen molar-refractivity contribution in [1.29, 1.82) is 0 Å². The minimum absolute atomic E-state index is 0.715. The molecule has 0 aromatic carbocycles. The molecule has 0 atom stereocenters. The Kier molecular flexibility index (Phi) is 18.7. The first-order chi connectivity index (χ1) is 9.41. The zero-order valence-corrected chi connectivity index (χ0v) is 14.3. The van der Waals surface area contributed by atoms with Gasteiger partial charge in [0, 0.05) is 0 Å². The lowest BCUT2D eigenvalue weighted by Gasteiger charge is -2.01. The van der Waals surface area contributed by atoms with Crippen LogP contribution >= 0.6 is 0 Å². The van der Waals surface area contributed by atoms with E-state index in [1.807, 2.05) is 0 Å². The van der Waals surface area contributed by atoms with Gasteiger partial charge in [0.15, 0.2) is 0 Å². The predicted molar refractivity (Wildman–Crippen MR) is 87.6 cm³/mol. The highest BCUT2D eigenvalue weighted by Gasteiger charge is 1.92. The minimum atomic E-state index is -3.67. The van der Waals surface area contributed by atoms with Gasteiger partial charge in [-0.05, 0) is 13.0 Å². The number of unbranched alkanes of at least 4 members (excludes halogenated alkanes) is 11. The highest BCUT2D eigenvalue weighted by atomic mass is 32.2. The van der Waals surface area contributed by atoms with Crippen LogP contribution in [0.3, 0.4) is 0 Å². The summed E-state index contributed by atoms with van der Waals surface area (Å²) in [5.41, 5.74) is 5.45. The molecule has 0 aliphatic carbocycles. The Hall–Kier alpha value is -0.130. The summed E-state index contributed by atoms with van der Waals surface area (Å²) in [5, 5.41) is 0. The van der Waals surface area contributed by atoms with Crippen LogP contribution in [0.1, 0.15) is 84.0 Å². The van der Waals surface area contributed by atoms with Crippen LogP contribution in [-0.4, -0.2) is 25.8 Å². The molecule has 0 rings (SSSR count). The molecule has 4 nitrogen and oxygen atoms in total. The van der Waals surface area contributed by atoms with Gasteiger partial charge >= 0.3 is 0 Å². The second-order valence-corrected chi connectivity index (χ2v) is 6.88. The summed E-state index contributed by atoms with van der Waals surface area (Å²) in [6, 6.07) is 0. The highest BCUT2D eigenvalue weighted by Crippen LogP contribution is 2.11. The van der Waals surface area contributed by atoms with E-state index < -0.39 is 10.1 Å². The van der Waals surface area contributed by atoms with Gasteiger partial charge in [-0.3, -0.25) is 4.55 Å². The molecule has 0 saturated carbocycles. The Balaban J connectivity index is 0. The predicted octanol–water partition coefficient (Wildman–Crippen LogP) is 4.15. The summed E-state index contributed by atoms with van der Waals surface area (Å²) in [6.07, 6.45) is 17.6. The highest BCUT2D eigenvalue weighted by molar-refractivity contribution is 7.85. The molecule has 0 fully saturated rings. The molecular weight excluding hydrogens is 274 g/mol. The van der Waals surface area contributed by atoms with Crippen LogP contribution in [0.25, 0.3) is 0 Å². The maximum Gasteiger partial charge on any atom is 0.261 e. The van der Waals surface area contributed by atoms with Crippen LogP contribution in [0.5, 0.6) is 0 Å². The van der Waals surface area contributed by atoms with E-state index in [0.717, 1.165) is 6.54 Å². The first-order valence-electron chi connectivity index (χ1n) is 8.04. The second kappa shape index (κ2) is 16.9.